The molecule has 0 heterocycles. The monoisotopic (exact) mass is 223 g/mol. The number of carbonyl (C=O) groups excluding carboxylic acids is 1. The Balaban J connectivity index is 2.21. The quantitative estimate of drug-likeness (QED) is 0.450. The molecule has 1 rings (SSSR count). The van der Waals surface area contributed by atoms with Crippen LogP contribution in [0.5, 0.6) is 0 Å². The molecular weight excluding hydrogens is 206 g/mol. The number of hydrogen-bond acceptors (Lipinski definition) is 4. The number of carbonyl (C=O) groups is 1. The van der Waals surface area contributed by atoms with Gasteiger partial charge in [0.05, 0.1) is 13.2 Å². The van der Waals surface area contributed by atoms with Gasteiger partial charge in [-0.2, -0.15) is 0 Å². The molecule has 0 saturated heterocycles. The van der Waals surface area contributed by atoms with Crippen molar-refractivity contribution in [1.29, 1.82) is 0 Å². The van der Waals surface area contributed by atoms with E-state index in [0.29, 0.717) is 19.6 Å². The van der Waals surface area contributed by atoms with E-state index >= 15 is 0 Å². The minimum Gasteiger partial charge on any atom is -0.464 e. The van der Waals surface area contributed by atoms with Crippen molar-refractivity contribution in [2.24, 2.45) is 0 Å². The highest BCUT2D eigenvalue weighted by Crippen LogP contribution is 2.10. The summed E-state index contributed by atoms with van der Waals surface area (Å²) in [6, 6.07) is 7.61. The van der Waals surface area contributed by atoms with Crippen LogP contribution in [0.4, 0.5) is 5.69 Å². The summed E-state index contributed by atoms with van der Waals surface area (Å²) in [4.78, 5) is 10.9. The van der Waals surface area contributed by atoms with Crippen LogP contribution >= 0.6 is 0 Å². The second kappa shape index (κ2) is 6.85. The molecule has 0 bridgehead atoms. The van der Waals surface area contributed by atoms with Crippen LogP contribution < -0.4 is 5.73 Å². The molecule has 1 aromatic carbocycles. The van der Waals surface area contributed by atoms with Crippen LogP contribution in [0.15, 0.2) is 24.3 Å². The molecule has 0 aliphatic carbocycles. The van der Waals surface area contributed by atoms with E-state index in [1.807, 2.05) is 24.3 Å². The maximum atomic E-state index is 10.9. The molecular formula is C12H17NO3. The maximum absolute atomic E-state index is 10.9. The van der Waals surface area contributed by atoms with Crippen molar-refractivity contribution in [2.75, 3.05) is 25.6 Å². The fraction of sp³-hybridized carbons (Fsp3) is 0.417. The van der Waals surface area contributed by atoms with Crippen LogP contribution in [0.3, 0.4) is 0 Å². The molecule has 0 fully saturated rings. The van der Waals surface area contributed by atoms with Crippen molar-refractivity contribution in [2.45, 2.75) is 13.3 Å². The van der Waals surface area contributed by atoms with Crippen molar-refractivity contribution in [3.63, 3.8) is 0 Å². The van der Waals surface area contributed by atoms with Crippen LogP contribution in [-0.4, -0.2) is 25.8 Å². The highest BCUT2D eigenvalue weighted by Gasteiger charge is 2.02. The van der Waals surface area contributed by atoms with Crippen LogP contribution in [0.25, 0.3) is 0 Å². The second-order valence-electron chi connectivity index (χ2n) is 3.31. The normalized spacial score (nSPS) is 10.1. The van der Waals surface area contributed by atoms with Gasteiger partial charge < -0.3 is 15.2 Å². The molecule has 88 valence electrons. The van der Waals surface area contributed by atoms with Crippen molar-refractivity contribution in [3.05, 3.63) is 29.8 Å². The highest BCUT2D eigenvalue weighted by atomic mass is 16.6. The summed E-state index contributed by atoms with van der Waals surface area (Å²) in [5.74, 6) is -0.330. The lowest BCUT2D eigenvalue weighted by atomic mass is 10.1. The fourth-order valence-corrected chi connectivity index (χ4v) is 1.30. The van der Waals surface area contributed by atoms with Gasteiger partial charge in [0.25, 0.3) is 0 Å². The van der Waals surface area contributed by atoms with Gasteiger partial charge in [0.2, 0.25) is 0 Å². The topological polar surface area (TPSA) is 61.5 Å². The highest BCUT2D eigenvalue weighted by molar-refractivity contribution is 5.70. The first kappa shape index (κ1) is 12.5. The Morgan fingerprint density at radius 1 is 1.38 bits per heavy atom. The molecule has 0 radical (unpaired) electrons. The number of hydrogen-bond donors (Lipinski definition) is 1. The number of esters is 1. The van der Waals surface area contributed by atoms with E-state index in [9.17, 15) is 4.79 Å². The molecule has 2 N–H and O–H groups in total. The summed E-state index contributed by atoms with van der Waals surface area (Å²) in [5, 5.41) is 0. The van der Waals surface area contributed by atoms with Gasteiger partial charge in [0, 0.05) is 5.69 Å². The number of rotatable bonds is 6. The zero-order chi connectivity index (χ0) is 11.8. The van der Waals surface area contributed by atoms with Crippen LogP contribution in [0.2, 0.25) is 0 Å². The van der Waals surface area contributed by atoms with Gasteiger partial charge in [-0.1, -0.05) is 18.2 Å². The Labute approximate surface area is 95.3 Å². The fourth-order valence-electron chi connectivity index (χ4n) is 1.30. The first-order chi connectivity index (χ1) is 7.74. The van der Waals surface area contributed by atoms with Gasteiger partial charge >= 0.3 is 5.97 Å². The SMILES string of the molecule is CCOC(=O)COCCc1ccccc1N. The number of para-hydroxylation sites is 1. The van der Waals surface area contributed by atoms with Gasteiger partial charge in [-0.25, -0.2) is 4.79 Å². The Morgan fingerprint density at radius 3 is 2.81 bits per heavy atom. The molecule has 0 saturated carbocycles. The lowest BCUT2D eigenvalue weighted by Crippen LogP contribution is -2.13. The van der Waals surface area contributed by atoms with Crippen molar-refractivity contribution in [1.82, 2.24) is 0 Å². The standard InChI is InChI=1S/C12H17NO3/c1-2-16-12(14)9-15-8-7-10-5-3-4-6-11(10)13/h3-6H,2,7-9,13H2,1H3. The zero-order valence-corrected chi connectivity index (χ0v) is 9.44. The Hall–Kier alpha value is -1.55. The number of nitrogens with two attached hydrogens (primary N) is 1. The van der Waals surface area contributed by atoms with Crippen molar-refractivity contribution >= 4 is 11.7 Å². The third-order valence-electron chi connectivity index (χ3n) is 2.10. The third kappa shape index (κ3) is 4.31. The lowest BCUT2D eigenvalue weighted by Gasteiger charge is -2.06. The van der Waals surface area contributed by atoms with E-state index in [-0.39, 0.29) is 12.6 Å². The van der Waals surface area contributed by atoms with Gasteiger partial charge in [-0.3, -0.25) is 0 Å². The summed E-state index contributed by atoms with van der Waals surface area (Å²) < 4.78 is 9.91. The molecule has 0 aliphatic heterocycles. The Kier molecular flexibility index (Phi) is 5.36. The van der Waals surface area contributed by atoms with Gasteiger partial charge in [0.1, 0.15) is 6.61 Å². The maximum Gasteiger partial charge on any atom is 0.332 e. The van der Waals surface area contributed by atoms with Crippen molar-refractivity contribution in [3.8, 4) is 0 Å². The van der Waals surface area contributed by atoms with Crippen LogP contribution in [0, 0.1) is 0 Å². The Morgan fingerprint density at radius 2 is 2.12 bits per heavy atom. The average Bonchev–Trinajstić information content (AvgIpc) is 2.27. The van der Waals surface area contributed by atoms with E-state index in [4.69, 9.17) is 15.2 Å². The van der Waals surface area contributed by atoms with E-state index in [1.165, 1.54) is 0 Å². The number of nitrogen functional groups attached to an aromatic ring is 1. The summed E-state index contributed by atoms with van der Waals surface area (Å²) in [6.45, 7) is 2.62. The molecule has 16 heavy (non-hydrogen) atoms. The predicted molar refractivity (Wildman–Crippen MR) is 62.0 cm³/mol. The predicted octanol–water partition coefficient (Wildman–Crippen LogP) is 1.39. The number of anilines is 1. The minimum atomic E-state index is -0.330. The Bertz CT molecular complexity index is 339. The first-order valence-electron chi connectivity index (χ1n) is 5.30. The molecule has 0 aliphatic rings. The number of ether oxygens (including phenoxy) is 2. The molecule has 0 unspecified atom stereocenters. The molecule has 0 atom stereocenters. The largest absolute Gasteiger partial charge is 0.464 e. The average molecular weight is 223 g/mol. The first-order valence-corrected chi connectivity index (χ1v) is 5.30. The molecule has 1 aromatic rings. The van der Waals surface area contributed by atoms with Crippen molar-refractivity contribution < 1.29 is 14.3 Å². The van der Waals surface area contributed by atoms with E-state index in [0.717, 1.165) is 11.3 Å². The lowest BCUT2D eigenvalue weighted by molar-refractivity contribution is -0.148. The molecule has 0 amide bonds. The van der Waals surface area contributed by atoms with Gasteiger partial charge in [-0.15, -0.1) is 0 Å². The molecule has 4 nitrogen and oxygen atoms in total. The summed E-state index contributed by atoms with van der Waals surface area (Å²) in [5.41, 5.74) is 7.55. The van der Waals surface area contributed by atoms with Crippen LogP contribution in [-0.2, 0) is 20.7 Å². The zero-order valence-electron chi connectivity index (χ0n) is 9.44. The van der Waals surface area contributed by atoms with Crippen LogP contribution in [0.1, 0.15) is 12.5 Å². The third-order valence-corrected chi connectivity index (χ3v) is 2.10. The summed E-state index contributed by atoms with van der Waals surface area (Å²) >= 11 is 0. The van der Waals surface area contributed by atoms with Gasteiger partial charge in [0.15, 0.2) is 0 Å². The van der Waals surface area contributed by atoms with Gasteiger partial charge in [-0.05, 0) is 25.0 Å². The second-order valence-corrected chi connectivity index (χ2v) is 3.31. The minimum absolute atomic E-state index is 0.000574. The number of benzene rings is 1. The van der Waals surface area contributed by atoms with E-state index < -0.39 is 0 Å². The molecule has 4 heteroatoms. The molecule has 0 spiro atoms. The molecule has 0 aromatic heterocycles. The smallest absolute Gasteiger partial charge is 0.332 e. The van der Waals surface area contributed by atoms with E-state index in [1.54, 1.807) is 6.92 Å². The van der Waals surface area contributed by atoms with E-state index in [2.05, 4.69) is 0 Å². The summed E-state index contributed by atoms with van der Waals surface area (Å²) in [6.07, 6.45) is 0.700. The summed E-state index contributed by atoms with van der Waals surface area (Å²) in [7, 11) is 0.